The van der Waals surface area contributed by atoms with E-state index in [1.54, 1.807) is 24.7 Å². The molecule has 0 aliphatic heterocycles. The van der Waals surface area contributed by atoms with Gasteiger partial charge in [0.15, 0.2) is 0 Å². The Morgan fingerprint density at radius 2 is 1.72 bits per heavy atom. The topological polar surface area (TPSA) is 66.9 Å². The molecule has 0 bridgehead atoms. The van der Waals surface area contributed by atoms with Gasteiger partial charge < -0.3 is 10.6 Å². The van der Waals surface area contributed by atoms with E-state index in [1.807, 2.05) is 42.5 Å². The van der Waals surface area contributed by atoms with Crippen molar-refractivity contribution in [2.24, 2.45) is 0 Å². The first kappa shape index (κ1) is 18.6. The maximum Gasteiger partial charge on any atom is 0.257 e. The number of carbonyl (C=O) groups excluding carboxylic acids is 1. The van der Waals surface area contributed by atoms with Crippen molar-refractivity contribution in [3.8, 4) is 0 Å². The van der Waals surface area contributed by atoms with Crippen LogP contribution in [0.1, 0.15) is 35.7 Å². The van der Waals surface area contributed by atoms with Gasteiger partial charge in [0.2, 0.25) is 0 Å². The van der Waals surface area contributed by atoms with Crippen LogP contribution in [0.5, 0.6) is 0 Å². The normalized spacial score (nSPS) is 10.9. The Morgan fingerprint density at radius 3 is 2.52 bits per heavy atom. The molecular weight excluding hydrogens is 360 g/mol. The van der Waals surface area contributed by atoms with Gasteiger partial charge in [-0.25, -0.2) is 0 Å². The summed E-state index contributed by atoms with van der Waals surface area (Å²) in [7, 11) is 0. The van der Waals surface area contributed by atoms with E-state index in [0.717, 1.165) is 22.3 Å². The lowest BCUT2D eigenvalue weighted by atomic mass is 10.0. The number of carbonyl (C=O) groups is 1. The van der Waals surface area contributed by atoms with Crippen LogP contribution in [0.2, 0.25) is 0 Å². The Balaban J connectivity index is 1.52. The second-order valence-corrected chi connectivity index (χ2v) is 7.20. The highest BCUT2D eigenvalue weighted by Gasteiger charge is 2.10. The number of hydrogen-bond acceptors (Lipinski definition) is 4. The first-order valence-corrected chi connectivity index (χ1v) is 9.57. The van der Waals surface area contributed by atoms with Crippen LogP contribution in [0.25, 0.3) is 10.9 Å². The highest BCUT2D eigenvalue weighted by Crippen LogP contribution is 2.23. The van der Waals surface area contributed by atoms with Gasteiger partial charge in [0.1, 0.15) is 0 Å². The van der Waals surface area contributed by atoms with Crippen molar-refractivity contribution in [1.29, 1.82) is 0 Å². The monoisotopic (exact) mass is 382 g/mol. The summed E-state index contributed by atoms with van der Waals surface area (Å²) in [4.78, 5) is 21.4. The van der Waals surface area contributed by atoms with Gasteiger partial charge in [0, 0.05) is 23.5 Å². The van der Waals surface area contributed by atoms with Crippen LogP contribution < -0.4 is 10.6 Å². The Kier molecular flexibility index (Phi) is 5.20. The van der Waals surface area contributed by atoms with Crippen LogP contribution in [0.15, 0.2) is 79.3 Å². The van der Waals surface area contributed by atoms with Crippen molar-refractivity contribution in [2.45, 2.75) is 19.8 Å². The molecular formula is C24H22N4O. The molecule has 2 N–H and O–H groups in total. The summed E-state index contributed by atoms with van der Waals surface area (Å²) in [5.74, 6) is 0.260. The molecule has 0 radical (unpaired) electrons. The summed E-state index contributed by atoms with van der Waals surface area (Å²) in [5.41, 5.74) is 4.90. The second kappa shape index (κ2) is 8.10. The van der Waals surface area contributed by atoms with Crippen LogP contribution in [0.4, 0.5) is 17.1 Å². The van der Waals surface area contributed by atoms with E-state index in [0.29, 0.717) is 17.2 Å². The van der Waals surface area contributed by atoms with Crippen molar-refractivity contribution in [1.82, 2.24) is 9.97 Å². The van der Waals surface area contributed by atoms with Crippen molar-refractivity contribution in [2.75, 3.05) is 10.6 Å². The van der Waals surface area contributed by atoms with Gasteiger partial charge in [-0.1, -0.05) is 44.2 Å². The lowest BCUT2D eigenvalue weighted by molar-refractivity contribution is 0.102. The zero-order valence-electron chi connectivity index (χ0n) is 16.4. The molecule has 0 atom stereocenters. The maximum absolute atomic E-state index is 12.8. The number of pyridine rings is 2. The lowest BCUT2D eigenvalue weighted by Crippen LogP contribution is -2.13. The third-order valence-corrected chi connectivity index (χ3v) is 4.75. The van der Waals surface area contributed by atoms with Gasteiger partial charge in [-0.05, 0) is 41.8 Å². The van der Waals surface area contributed by atoms with Gasteiger partial charge in [0.25, 0.3) is 5.91 Å². The zero-order chi connectivity index (χ0) is 20.2. The van der Waals surface area contributed by atoms with Crippen LogP contribution in [0.3, 0.4) is 0 Å². The molecule has 4 rings (SSSR count). The third-order valence-electron chi connectivity index (χ3n) is 4.75. The number of rotatable bonds is 5. The Labute approximate surface area is 169 Å². The Morgan fingerprint density at radius 1 is 0.931 bits per heavy atom. The van der Waals surface area contributed by atoms with Crippen molar-refractivity contribution in [3.05, 3.63) is 90.4 Å². The largest absolute Gasteiger partial charge is 0.354 e. The predicted molar refractivity (Wildman–Crippen MR) is 118 cm³/mol. The molecule has 0 aliphatic carbocycles. The quantitative estimate of drug-likeness (QED) is 0.461. The van der Waals surface area contributed by atoms with E-state index >= 15 is 0 Å². The number of benzene rings is 2. The molecule has 1 amide bonds. The number of amides is 1. The Bertz CT molecular complexity index is 1150. The molecule has 0 fully saturated rings. The molecule has 0 spiro atoms. The van der Waals surface area contributed by atoms with E-state index in [9.17, 15) is 4.79 Å². The predicted octanol–water partition coefficient (Wildman–Crippen LogP) is 5.75. The summed E-state index contributed by atoms with van der Waals surface area (Å²) in [6.07, 6.45) is 4.97. The van der Waals surface area contributed by atoms with Crippen LogP contribution in [-0.2, 0) is 0 Å². The minimum Gasteiger partial charge on any atom is -0.354 e. The van der Waals surface area contributed by atoms with E-state index in [4.69, 9.17) is 0 Å². The van der Waals surface area contributed by atoms with E-state index < -0.39 is 0 Å². The second-order valence-electron chi connectivity index (χ2n) is 7.20. The number of para-hydroxylation sites is 1. The molecule has 29 heavy (non-hydrogen) atoms. The molecule has 0 aliphatic rings. The molecule has 2 heterocycles. The lowest BCUT2D eigenvalue weighted by Gasteiger charge is -2.11. The number of anilines is 3. The smallest absolute Gasteiger partial charge is 0.257 e. The van der Waals surface area contributed by atoms with E-state index in [-0.39, 0.29) is 5.91 Å². The van der Waals surface area contributed by atoms with Crippen molar-refractivity contribution < 1.29 is 4.79 Å². The molecule has 0 unspecified atom stereocenters. The highest BCUT2D eigenvalue weighted by molar-refractivity contribution is 6.08. The summed E-state index contributed by atoms with van der Waals surface area (Å²) in [6.45, 7) is 4.33. The fourth-order valence-electron chi connectivity index (χ4n) is 3.15. The van der Waals surface area contributed by atoms with Gasteiger partial charge in [-0.15, -0.1) is 0 Å². The average Bonchev–Trinajstić information content (AvgIpc) is 2.74. The molecule has 0 saturated heterocycles. The first-order chi connectivity index (χ1) is 14.1. The van der Waals surface area contributed by atoms with Crippen molar-refractivity contribution in [3.63, 3.8) is 0 Å². The Hall–Kier alpha value is -3.73. The van der Waals surface area contributed by atoms with E-state index in [2.05, 4.69) is 46.6 Å². The highest BCUT2D eigenvalue weighted by atomic mass is 16.1. The first-order valence-electron chi connectivity index (χ1n) is 9.57. The summed E-state index contributed by atoms with van der Waals surface area (Å²) >= 11 is 0. The summed E-state index contributed by atoms with van der Waals surface area (Å²) < 4.78 is 0. The number of aromatic nitrogens is 2. The van der Waals surface area contributed by atoms with Gasteiger partial charge in [-0.3, -0.25) is 14.8 Å². The fourth-order valence-corrected chi connectivity index (χ4v) is 3.15. The minimum atomic E-state index is -0.227. The average molecular weight is 382 g/mol. The van der Waals surface area contributed by atoms with Crippen molar-refractivity contribution >= 4 is 33.9 Å². The van der Waals surface area contributed by atoms with Crippen LogP contribution in [0, 0.1) is 0 Å². The van der Waals surface area contributed by atoms with Gasteiger partial charge >= 0.3 is 0 Å². The van der Waals surface area contributed by atoms with Crippen LogP contribution in [-0.4, -0.2) is 15.9 Å². The molecule has 144 valence electrons. The molecule has 2 aromatic carbocycles. The van der Waals surface area contributed by atoms with E-state index in [1.165, 1.54) is 5.56 Å². The zero-order valence-corrected chi connectivity index (χ0v) is 16.4. The molecule has 5 nitrogen and oxygen atoms in total. The molecule has 5 heteroatoms. The molecule has 2 aromatic heterocycles. The number of nitrogens with one attached hydrogen (secondary N) is 2. The van der Waals surface area contributed by atoms with Gasteiger partial charge in [-0.2, -0.15) is 0 Å². The molecule has 4 aromatic rings. The molecule has 0 saturated carbocycles. The summed E-state index contributed by atoms with van der Waals surface area (Å²) in [6, 6.07) is 19.6. The summed E-state index contributed by atoms with van der Waals surface area (Å²) in [5, 5.41) is 7.22. The van der Waals surface area contributed by atoms with Crippen LogP contribution >= 0.6 is 0 Å². The number of fused-ring (bicyclic) bond motifs is 1. The fraction of sp³-hybridized carbons (Fsp3) is 0.125. The maximum atomic E-state index is 12.8. The number of nitrogens with zero attached hydrogens (tertiary/aromatic N) is 2. The standard InChI is InChI=1S/C24H22N4O/c1-16(2)17-8-10-20(11-9-17)27-21-13-19(14-25-15-21)24(29)28-22-7-3-5-18-6-4-12-26-23(18)22/h3-16,27H,1-2H3,(H,28,29). The minimum absolute atomic E-state index is 0.227. The van der Waals surface area contributed by atoms with Gasteiger partial charge in [0.05, 0.1) is 28.7 Å². The third kappa shape index (κ3) is 4.24. The SMILES string of the molecule is CC(C)c1ccc(Nc2cncc(C(=O)Nc3cccc4cccnc34)c2)cc1. The number of hydrogen-bond donors (Lipinski definition) is 2.